The van der Waals surface area contributed by atoms with Crippen LogP contribution in [0.1, 0.15) is 10.4 Å². The number of sulfonamides is 1. The summed E-state index contributed by atoms with van der Waals surface area (Å²) in [4.78, 5) is 11.3. The first kappa shape index (κ1) is 20.3. The average molecular weight is 401 g/mol. The highest BCUT2D eigenvalue weighted by atomic mass is 32.2. The molecule has 6 nitrogen and oxygen atoms in total. The molecule has 0 unspecified atom stereocenters. The molecule has 0 saturated carbocycles. The Balaban J connectivity index is 2.39. The van der Waals surface area contributed by atoms with E-state index < -0.39 is 33.0 Å². The lowest BCUT2D eigenvalue weighted by molar-refractivity contribution is -0.275. The first-order valence-electron chi connectivity index (χ1n) is 7.38. The van der Waals surface area contributed by atoms with E-state index >= 15 is 0 Å². The van der Waals surface area contributed by atoms with Crippen LogP contribution in [0.15, 0.2) is 66.1 Å². The van der Waals surface area contributed by atoms with Gasteiger partial charge in [-0.3, -0.25) is 4.72 Å². The van der Waals surface area contributed by atoms with Gasteiger partial charge in [-0.15, -0.1) is 13.2 Å². The summed E-state index contributed by atoms with van der Waals surface area (Å²) in [6.07, 6.45) is -3.74. The number of carbonyl (C=O) groups is 1. The second-order valence-electron chi connectivity index (χ2n) is 5.03. The second-order valence-corrected chi connectivity index (χ2v) is 6.68. The highest BCUT2D eigenvalue weighted by Crippen LogP contribution is 2.31. The fourth-order valence-electron chi connectivity index (χ4n) is 2.04. The zero-order chi connectivity index (χ0) is 20.1. The molecule has 2 rings (SSSR count). The molecule has 0 aliphatic heterocycles. The molecule has 0 saturated heterocycles. The lowest BCUT2D eigenvalue weighted by Crippen LogP contribution is -2.21. The molecular formula is C17H14F3NO5S. The fourth-order valence-corrected chi connectivity index (χ4v) is 3.25. The number of hydrogen-bond acceptors (Lipinski definition) is 5. The third-order valence-electron chi connectivity index (χ3n) is 3.09. The van der Waals surface area contributed by atoms with E-state index in [0.29, 0.717) is 0 Å². The molecule has 0 bridgehead atoms. The Labute approximate surface area is 153 Å². The van der Waals surface area contributed by atoms with Gasteiger partial charge in [0.1, 0.15) is 17.3 Å². The maximum Gasteiger partial charge on any atom is 0.573 e. The van der Waals surface area contributed by atoms with E-state index in [1.165, 1.54) is 42.5 Å². The van der Waals surface area contributed by atoms with Gasteiger partial charge in [-0.25, -0.2) is 13.2 Å². The van der Waals surface area contributed by atoms with Crippen LogP contribution in [0.5, 0.6) is 5.75 Å². The van der Waals surface area contributed by atoms with Crippen molar-refractivity contribution >= 4 is 21.7 Å². The van der Waals surface area contributed by atoms with Gasteiger partial charge < -0.3 is 9.47 Å². The van der Waals surface area contributed by atoms with Crippen molar-refractivity contribution in [3.8, 4) is 5.75 Å². The molecule has 0 aliphatic carbocycles. The van der Waals surface area contributed by atoms with E-state index in [-0.39, 0.29) is 17.9 Å². The van der Waals surface area contributed by atoms with Gasteiger partial charge in [-0.1, -0.05) is 36.9 Å². The number of nitrogens with one attached hydrogen (secondary N) is 1. The number of esters is 1. The molecule has 0 aliphatic rings. The van der Waals surface area contributed by atoms with E-state index in [9.17, 15) is 26.4 Å². The number of hydrogen-bond donors (Lipinski definition) is 1. The minimum atomic E-state index is -5.07. The molecule has 27 heavy (non-hydrogen) atoms. The summed E-state index contributed by atoms with van der Waals surface area (Å²) in [7, 11) is -4.50. The van der Waals surface area contributed by atoms with Gasteiger partial charge in [-0.05, 0) is 24.3 Å². The van der Waals surface area contributed by atoms with E-state index in [1.807, 2.05) is 0 Å². The van der Waals surface area contributed by atoms with Crippen molar-refractivity contribution in [1.82, 2.24) is 0 Å². The molecule has 1 N–H and O–H groups in total. The minimum absolute atomic E-state index is 0.0951. The van der Waals surface area contributed by atoms with Crippen LogP contribution in [-0.2, 0) is 14.8 Å². The predicted molar refractivity (Wildman–Crippen MR) is 90.9 cm³/mol. The lowest BCUT2D eigenvalue weighted by atomic mass is 10.2. The van der Waals surface area contributed by atoms with Gasteiger partial charge in [-0.2, -0.15) is 0 Å². The quantitative estimate of drug-likeness (QED) is 0.565. The van der Waals surface area contributed by atoms with Crippen LogP contribution < -0.4 is 9.46 Å². The number of halogens is 3. The number of benzene rings is 2. The van der Waals surface area contributed by atoms with E-state index in [0.717, 1.165) is 12.1 Å². The van der Waals surface area contributed by atoms with Crippen molar-refractivity contribution in [3.63, 3.8) is 0 Å². The summed E-state index contributed by atoms with van der Waals surface area (Å²) < 4.78 is 73.4. The maximum absolute atomic E-state index is 12.6. The smallest absolute Gasteiger partial charge is 0.458 e. The van der Waals surface area contributed by atoms with Crippen molar-refractivity contribution in [2.75, 3.05) is 11.3 Å². The molecule has 10 heteroatoms. The summed E-state index contributed by atoms with van der Waals surface area (Å²) in [5, 5.41) is 0. The Kier molecular flexibility index (Phi) is 6.11. The lowest BCUT2D eigenvalue weighted by Gasteiger charge is -2.15. The van der Waals surface area contributed by atoms with Gasteiger partial charge in [0.25, 0.3) is 10.0 Å². The summed E-state index contributed by atoms with van der Waals surface area (Å²) in [5.74, 6) is -1.72. The Hall–Kier alpha value is -3.01. The van der Waals surface area contributed by atoms with Gasteiger partial charge >= 0.3 is 12.3 Å². The van der Waals surface area contributed by atoms with Crippen LogP contribution in [0, 0.1) is 0 Å². The third kappa shape index (κ3) is 5.48. The van der Waals surface area contributed by atoms with Crippen LogP contribution in [-0.4, -0.2) is 27.4 Å². The van der Waals surface area contributed by atoms with Crippen molar-refractivity contribution < 1.29 is 35.9 Å². The SMILES string of the molecule is C=CCOC(=O)c1ccccc1NS(=O)(=O)c1ccccc1OC(F)(F)F. The van der Waals surface area contributed by atoms with E-state index in [2.05, 4.69) is 16.0 Å². The number of alkyl halides is 3. The zero-order valence-corrected chi connectivity index (χ0v) is 14.5. The number of rotatable bonds is 7. The molecule has 0 fully saturated rings. The van der Waals surface area contributed by atoms with Crippen LogP contribution in [0.4, 0.5) is 18.9 Å². The number of para-hydroxylation sites is 2. The van der Waals surface area contributed by atoms with E-state index in [1.54, 1.807) is 0 Å². The van der Waals surface area contributed by atoms with Gasteiger partial charge in [0.2, 0.25) is 0 Å². The Morgan fingerprint density at radius 3 is 2.41 bits per heavy atom. The Bertz CT molecular complexity index is 942. The summed E-state index contributed by atoms with van der Waals surface area (Å²) >= 11 is 0. The van der Waals surface area contributed by atoms with Crippen molar-refractivity contribution in [3.05, 3.63) is 66.7 Å². The van der Waals surface area contributed by atoms with Crippen LogP contribution in [0.2, 0.25) is 0 Å². The zero-order valence-electron chi connectivity index (χ0n) is 13.7. The molecule has 0 heterocycles. The summed E-state index contributed by atoms with van der Waals surface area (Å²) in [6, 6.07) is 9.75. The topological polar surface area (TPSA) is 81.7 Å². The Morgan fingerprint density at radius 2 is 1.74 bits per heavy atom. The molecule has 2 aromatic rings. The standard InChI is InChI=1S/C17H14F3NO5S/c1-2-11-25-16(22)12-7-3-4-8-13(12)21-27(23,24)15-10-6-5-9-14(15)26-17(18,19)20/h2-10,21H,1,11H2. The largest absolute Gasteiger partial charge is 0.573 e. The van der Waals surface area contributed by atoms with Crippen molar-refractivity contribution in [2.45, 2.75) is 11.3 Å². The highest BCUT2D eigenvalue weighted by Gasteiger charge is 2.34. The molecule has 0 aromatic heterocycles. The maximum atomic E-state index is 12.6. The third-order valence-corrected chi connectivity index (χ3v) is 4.49. The van der Waals surface area contributed by atoms with Crippen LogP contribution >= 0.6 is 0 Å². The Morgan fingerprint density at radius 1 is 1.11 bits per heavy atom. The number of anilines is 1. The first-order valence-corrected chi connectivity index (χ1v) is 8.87. The minimum Gasteiger partial charge on any atom is -0.458 e. The van der Waals surface area contributed by atoms with Gasteiger partial charge in [0.05, 0.1) is 11.3 Å². The number of ether oxygens (including phenoxy) is 2. The molecule has 144 valence electrons. The van der Waals surface area contributed by atoms with Crippen LogP contribution in [0.3, 0.4) is 0 Å². The molecule has 0 amide bonds. The second kappa shape index (κ2) is 8.12. The predicted octanol–water partition coefficient (Wildman–Crippen LogP) is 3.73. The molecule has 0 spiro atoms. The van der Waals surface area contributed by atoms with Crippen molar-refractivity contribution in [1.29, 1.82) is 0 Å². The summed E-state index contributed by atoms with van der Waals surface area (Å²) in [5.41, 5.74) is -0.273. The van der Waals surface area contributed by atoms with Gasteiger partial charge in [0, 0.05) is 0 Å². The van der Waals surface area contributed by atoms with E-state index in [4.69, 9.17) is 4.74 Å². The van der Waals surface area contributed by atoms with Crippen molar-refractivity contribution in [2.24, 2.45) is 0 Å². The molecule has 0 atom stereocenters. The average Bonchev–Trinajstić information content (AvgIpc) is 2.58. The first-order chi connectivity index (χ1) is 12.6. The molecule has 0 radical (unpaired) electrons. The fraction of sp³-hybridized carbons (Fsp3) is 0.118. The van der Waals surface area contributed by atoms with Gasteiger partial charge in [0.15, 0.2) is 0 Å². The normalized spacial score (nSPS) is 11.5. The highest BCUT2D eigenvalue weighted by molar-refractivity contribution is 7.92. The summed E-state index contributed by atoms with van der Waals surface area (Å²) in [6.45, 7) is 3.30. The molecular weight excluding hydrogens is 387 g/mol. The van der Waals surface area contributed by atoms with Crippen LogP contribution in [0.25, 0.3) is 0 Å². The number of carbonyl (C=O) groups excluding carboxylic acids is 1. The monoisotopic (exact) mass is 401 g/mol. The molecule has 2 aromatic carbocycles.